The van der Waals surface area contributed by atoms with Crippen LogP contribution in [-0.4, -0.2) is 34.6 Å². The molecule has 2 rings (SSSR count). The maximum atomic E-state index is 12.2. The van der Waals surface area contributed by atoms with Gasteiger partial charge in [-0.3, -0.25) is 0 Å². The third-order valence-corrected chi connectivity index (χ3v) is 3.46. The van der Waals surface area contributed by atoms with Crippen LogP contribution in [-0.2, 0) is 0 Å². The Labute approximate surface area is 112 Å². The Kier molecular flexibility index (Phi) is 4.04. The number of anilines is 1. The Hall–Kier alpha value is -2.04. The van der Waals surface area contributed by atoms with E-state index in [2.05, 4.69) is 5.32 Å². The highest BCUT2D eigenvalue weighted by Gasteiger charge is 2.24. The highest BCUT2D eigenvalue weighted by molar-refractivity contribution is 6.00. The molecule has 0 aliphatic carbocycles. The van der Waals surface area contributed by atoms with E-state index in [-0.39, 0.29) is 17.6 Å². The lowest BCUT2D eigenvalue weighted by atomic mass is 10.0. The quantitative estimate of drug-likeness (QED) is 0.861. The van der Waals surface area contributed by atoms with Crippen molar-refractivity contribution in [1.82, 2.24) is 4.90 Å². The largest absolute Gasteiger partial charge is 0.478 e. The molecule has 0 aromatic heterocycles. The number of piperidine rings is 1. The maximum Gasteiger partial charge on any atom is 0.337 e. The van der Waals surface area contributed by atoms with Crippen LogP contribution in [0.2, 0.25) is 0 Å². The summed E-state index contributed by atoms with van der Waals surface area (Å²) in [7, 11) is 0. The van der Waals surface area contributed by atoms with Crippen molar-refractivity contribution >= 4 is 17.7 Å². The molecule has 0 bridgehead atoms. The second kappa shape index (κ2) is 5.73. The zero-order valence-electron chi connectivity index (χ0n) is 10.9. The zero-order valence-corrected chi connectivity index (χ0v) is 10.9. The number of nitrogens with one attached hydrogen (secondary N) is 1. The number of hydrogen-bond donors (Lipinski definition) is 2. The molecule has 0 radical (unpaired) electrons. The second-order valence-corrected chi connectivity index (χ2v) is 4.82. The van der Waals surface area contributed by atoms with E-state index in [1.165, 1.54) is 6.07 Å². The van der Waals surface area contributed by atoms with Crippen LogP contribution in [0.5, 0.6) is 0 Å². The number of nitrogens with zero attached hydrogens (tertiary/aromatic N) is 1. The van der Waals surface area contributed by atoms with Crippen LogP contribution in [0.25, 0.3) is 0 Å². The van der Waals surface area contributed by atoms with Crippen LogP contribution in [0.3, 0.4) is 0 Å². The zero-order chi connectivity index (χ0) is 13.8. The normalized spacial score (nSPS) is 19.0. The summed E-state index contributed by atoms with van der Waals surface area (Å²) in [5.74, 6) is -1.04. The summed E-state index contributed by atoms with van der Waals surface area (Å²) in [4.78, 5) is 25.0. The number of carboxylic acid groups (broad SMARTS) is 1. The van der Waals surface area contributed by atoms with Gasteiger partial charge in [0.1, 0.15) is 0 Å². The van der Waals surface area contributed by atoms with Gasteiger partial charge >= 0.3 is 12.0 Å². The average molecular weight is 262 g/mol. The Morgan fingerprint density at radius 1 is 1.32 bits per heavy atom. The number of carbonyl (C=O) groups is 2. The molecule has 1 atom stereocenters. The minimum absolute atomic E-state index is 0.112. The van der Waals surface area contributed by atoms with Crippen LogP contribution in [0.1, 0.15) is 36.5 Å². The predicted octanol–water partition coefficient (Wildman–Crippen LogP) is 2.79. The van der Waals surface area contributed by atoms with Crippen LogP contribution < -0.4 is 5.32 Å². The van der Waals surface area contributed by atoms with Gasteiger partial charge in [0.2, 0.25) is 0 Å². The molecule has 0 saturated carbocycles. The number of likely N-dealkylation sites (tertiary alicyclic amines) is 1. The lowest BCUT2D eigenvalue weighted by Gasteiger charge is -2.33. The molecular weight excluding hydrogens is 244 g/mol. The first-order valence-corrected chi connectivity index (χ1v) is 6.49. The smallest absolute Gasteiger partial charge is 0.337 e. The number of aromatic carboxylic acids is 1. The van der Waals surface area contributed by atoms with Crippen LogP contribution in [0.4, 0.5) is 10.5 Å². The number of amides is 2. The number of urea groups is 1. The first-order valence-electron chi connectivity index (χ1n) is 6.49. The molecule has 2 N–H and O–H groups in total. The maximum absolute atomic E-state index is 12.2. The van der Waals surface area contributed by atoms with Crippen LogP contribution in [0, 0.1) is 0 Å². The predicted molar refractivity (Wildman–Crippen MR) is 72.4 cm³/mol. The molecular formula is C14H18N2O3. The highest BCUT2D eigenvalue weighted by atomic mass is 16.4. The van der Waals surface area contributed by atoms with Crippen molar-refractivity contribution in [3.05, 3.63) is 29.8 Å². The van der Waals surface area contributed by atoms with E-state index in [4.69, 9.17) is 5.11 Å². The Bertz CT molecular complexity index is 487. The molecule has 102 valence electrons. The summed E-state index contributed by atoms with van der Waals surface area (Å²) in [5.41, 5.74) is 0.457. The molecule has 1 saturated heterocycles. The van der Waals surface area contributed by atoms with Crippen molar-refractivity contribution in [2.75, 3.05) is 11.9 Å². The Morgan fingerprint density at radius 2 is 2.05 bits per heavy atom. The third-order valence-electron chi connectivity index (χ3n) is 3.46. The van der Waals surface area contributed by atoms with Crippen molar-refractivity contribution < 1.29 is 14.7 Å². The molecule has 1 aliphatic heterocycles. The number of rotatable bonds is 2. The van der Waals surface area contributed by atoms with E-state index in [0.717, 1.165) is 25.8 Å². The molecule has 0 spiro atoms. The number of carboxylic acids is 1. The van der Waals surface area contributed by atoms with Crippen molar-refractivity contribution in [3.63, 3.8) is 0 Å². The third kappa shape index (κ3) is 3.05. The Balaban J connectivity index is 2.12. The van der Waals surface area contributed by atoms with Crippen LogP contribution >= 0.6 is 0 Å². The summed E-state index contributed by atoms with van der Waals surface area (Å²) in [6.45, 7) is 2.74. The van der Waals surface area contributed by atoms with E-state index in [1.54, 1.807) is 23.1 Å². The van der Waals surface area contributed by atoms with Gasteiger partial charge in [0.05, 0.1) is 11.3 Å². The lowest BCUT2D eigenvalue weighted by Crippen LogP contribution is -2.44. The summed E-state index contributed by atoms with van der Waals surface area (Å²) in [6, 6.07) is 6.42. The Morgan fingerprint density at radius 3 is 2.74 bits per heavy atom. The monoisotopic (exact) mass is 262 g/mol. The van der Waals surface area contributed by atoms with Gasteiger partial charge in [-0.15, -0.1) is 0 Å². The molecule has 5 heteroatoms. The highest BCUT2D eigenvalue weighted by Crippen LogP contribution is 2.20. The van der Waals surface area contributed by atoms with Gasteiger partial charge in [-0.25, -0.2) is 9.59 Å². The minimum Gasteiger partial charge on any atom is -0.478 e. The second-order valence-electron chi connectivity index (χ2n) is 4.82. The summed E-state index contributed by atoms with van der Waals surface area (Å²) in [6.07, 6.45) is 3.13. The molecule has 5 nitrogen and oxygen atoms in total. The topological polar surface area (TPSA) is 69.6 Å². The molecule has 1 aromatic carbocycles. The molecule has 1 unspecified atom stereocenters. The first-order chi connectivity index (χ1) is 9.09. The van der Waals surface area contributed by atoms with Gasteiger partial charge in [0.25, 0.3) is 0 Å². The fourth-order valence-corrected chi connectivity index (χ4v) is 2.37. The average Bonchev–Trinajstić information content (AvgIpc) is 2.39. The molecule has 1 fully saturated rings. The summed E-state index contributed by atoms with van der Waals surface area (Å²) < 4.78 is 0. The minimum atomic E-state index is -1.04. The van der Waals surface area contributed by atoms with Crippen molar-refractivity contribution in [1.29, 1.82) is 0 Å². The van der Waals surface area contributed by atoms with Gasteiger partial charge in [0.15, 0.2) is 0 Å². The lowest BCUT2D eigenvalue weighted by molar-refractivity contribution is 0.0698. The molecule has 2 amide bonds. The fraction of sp³-hybridized carbons (Fsp3) is 0.429. The van der Waals surface area contributed by atoms with E-state index in [9.17, 15) is 9.59 Å². The van der Waals surface area contributed by atoms with Gasteiger partial charge < -0.3 is 15.3 Å². The first kappa shape index (κ1) is 13.4. The van der Waals surface area contributed by atoms with Gasteiger partial charge in [-0.2, -0.15) is 0 Å². The number of para-hydroxylation sites is 1. The van der Waals surface area contributed by atoms with E-state index >= 15 is 0 Å². The number of hydrogen-bond acceptors (Lipinski definition) is 2. The molecule has 19 heavy (non-hydrogen) atoms. The van der Waals surface area contributed by atoms with E-state index in [1.807, 2.05) is 6.92 Å². The number of carbonyl (C=O) groups excluding carboxylic acids is 1. The van der Waals surface area contributed by atoms with Gasteiger partial charge in [0, 0.05) is 12.6 Å². The summed E-state index contributed by atoms with van der Waals surface area (Å²) in [5, 5.41) is 11.8. The van der Waals surface area contributed by atoms with Crippen molar-refractivity contribution in [3.8, 4) is 0 Å². The van der Waals surface area contributed by atoms with Crippen LogP contribution in [0.15, 0.2) is 24.3 Å². The molecule has 1 aliphatic rings. The van der Waals surface area contributed by atoms with Gasteiger partial charge in [-0.1, -0.05) is 12.1 Å². The number of benzene rings is 1. The summed E-state index contributed by atoms with van der Waals surface area (Å²) >= 11 is 0. The van der Waals surface area contributed by atoms with E-state index < -0.39 is 5.97 Å². The standard InChI is InChI=1S/C14H18N2O3/c1-10-6-4-5-9-16(10)14(19)15-12-8-3-2-7-11(12)13(17)18/h2-3,7-8,10H,4-6,9H2,1H3,(H,15,19)(H,17,18). The fourth-order valence-electron chi connectivity index (χ4n) is 2.37. The van der Waals surface area contributed by atoms with Crippen molar-refractivity contribution in [2.24, 2.45) is 0 Å². The SMILES string of the molecule is CC1CCCCN1C(=O)Nc1ccccc1C(=O)O. The van der Waals surface area contributed by atoms with Gasteiger partial charge in [-0.05, 0) is 38.3 Å². The van der Waals surface area contributed by atoms with Crippen molar-refractivity contribution in [2.45, 2.75) is 32.2 Å². The molecule has 1 heterocycles. The van der Waals surface area contributed by atoms with E-state index in [0.29, 0.717) is 5.69 Å². The molecule has 1 aromatic rings.